The number of nitrogens with one attached hydrogen (secondary N) is 2. The van der Waals surface area contributed by atoms with Gasteiger partial charge in [0.2, 0.25) is 0 Å². The Bertz CT molecular complexity index is 711. The molecule has 158 valence electrons. The lowest BCUT2D eigenvalue weighted by molar-refractivity contribution is -0.144. The van der Waals surface area contributed by atoms with Crippen molar-refractivity contribution in [3.05, 3.63) is 17.5 Å². The lowest BCUT2D eigenvalue weighted by atomic mass is 9.85. The first-order chi connectivity index (χ1) is 12.9. The smallest absolute Gasteiger partial charge is 0.351 e. The summed E-state index contributed by atoms with van der Waals surface area (Å²) in [6.45, 7) is 3.27. The molecule has 0 radical (unpaired) electrons. The quantitative estimate of drug-likeness (QED) is 0.713. The van der Waals surface area contributed by atoms with Crippen molar-refractivity contribution in [2.24, 2.45) is 7.05 Å². The molecule has 2 amide bonds. The third-order valence-electron chi connectivity index (χ3n) is 4.97. The third-order valence-corrected chi connectivity index (χ3v) is 4.97. The number of aromatic nitrogens is 2. The number of alkyl halides is 4. The lowest BCUT2D eigenvalue weighted by Crippen LogP contribution is -2.49. The molecule has 6 nitrogen and oxygen atoms in total. The highest BCUT2D eigenvalue weighted by molar-refractivity contribution is 5.95. The normalized spacial score (nSPS) is 19.0. The van der Waals surface area contributed by atoms with Gasteiger partial charge in [0.05, 0.1) is 11.8 Å². The third kappa shape index (κ3) is 5.23. The molecule has 1 aromatic rings. The van der Waals surface area contributed by atoms with E-state index in [1.54, 1.807) is 13.8 Å². The molecule has 1 heterocycles. The van der Waals surface area contributed by atoms with Crippen LogP contribution < -0.4 is 10.6 Å². The Morgan fingerprint density at radius 1 is 1.18 bits per heavy atom. The zero-order chi connectivity index (χ0) is 21.1. The highest BCUT2D eigenvalue weighted by Crippen LogP contribution is 2.32. The topological polar surface area (TPSA) is 76.0 Å². The highest BCUT2D eigenvalue weighted by Gasteiger charge is 2.41. The molecule has 0 aromatic carbocycles. The molecule has 2 rings (SSSR count). The zero-order valence-electron chi connectivity index (χ0n) is 16.2. The van der Waals surface area contributed by atoms with Crippen molar-refractivity contribution >= 4 is 11.8 Å². The lowest BCUT2D eigenvalue weighted by Gasteiger charge is -2.30. The van der Waals surface area contributed by atoms with Crippen LogP contribution in [0.2, 0.25) is 0 Å². The zero-order valence-corrected chi connectivity index (χ0v) is 16.2. The van der Waals surface area contributed by atoms with Crippen LogP contribution in [0.3, 0.4) is 0 Å². The Morgan fingerprint density at radius 3 is 2.32 bits per heavy atom. The number of hydrogen-bond donors (Lipinski definition) is 2. The van der Waals surface area contributed by atoms with Gasteiger partial charge < -0.3 is 10.6 Å². The molecule has 1 aromatic heterocycles. The Morgan fingerprint density at radius 2 is 1.75 bits per heavy atom. The number of hydrogen-bond acceptors (Lipinski definition) is 3. The Kier molecular flexibility index (Phi) is 6.71. The van der Waals surface area contributed by atoms with Crippen LogP contribution in [-0.4, -0.2) is 39.3 Å². The largest absolute Gasteiger partial charge is 0.433 e. The summed E-state index contributed by atoms with van der Waals surface area (Å²) in [7, 11) is 1.11. The summed E-state index contributed by atoms with van der Waals surface area (Å²) in [6, 6.07) is -0.987. The maximum atomic E-state index is 14.7. The van der Waals surface area contributed by atoms with Crippen molar-refractivity contribution in [2.45, 2.75) is 76.3 Å². The summed E-state index contributed by atoms with van der Waals surface area (Å²) in [5.41, 5.74) is -3.56. The van der Waals surface area contributed by atoms with E-state index in [2.05, 4.69) is 15.7 Å². The number of carbonyl (C=O) groups excluding carboxylic acids is 2. The van der Waals surface area contributed by atoms with Crippen molar-refractivity contribution in [3.63, 3.8) is 0 Å². The predicted octanol–water partition coefficient (Wildman–Crippen LogP) is 3.12. The fourth-order valence-electron chi connectivity index (χ4n) is 3.58. The van der Waals surface area contributed by atoms with Gasteiger partial charge in [-0.3, -0.25) is 14.3 Å². The first-order valence-corrected chi connectivity index (χ1v) is 9.34. The number of rotatable bonds is 6. The van der Waals surface area contributed by atoms with E-state index in [1.165, 1.54) is 0 Å². The SMILES string of the molecule is CC(CC(C)NC(=O)C1(F)CCCCC1)NC(=O)c1cnn(C)c1C(F)(F)F. The summed E-state index contributed by atoms with van der Waals surface area (Å²) in [5.74, 6) is -1.56. The van der Waals surface area contributed by atoms with E-state index in [-0.39, 0.29) is 19.3 Å². The van der Waals surface area contributed by atoms with Gasteiger partial charge >= 0.3 is 6.18 Å². The molecule has 1 saturated carbocycles. The molecular formula is C18H26F4N4O2. The molecule has 0 saturated heterocycles. The molecule has 1 aliphatic rings. The highest BCUT2D eigenvalue weighted by atomic mass is 19.4. The minimum atomic E-state index is -4.71. The van der Waals surface area contributed by atoms with Crippen LogP contribution in [-0.2, 0) is 18.0 Å². The van der Waals surface area contributed by atoms with E-state index in [9.17, 15) is 27.2 Å². The summed E-state index contributed by atoms with van der Waals surface area (Å²) in [4.78, 5) is 24.4. The van der Waals surface area contributed by atoms with Gasteiger partial charge in [-0.05, 0) is 46.0 Å². The number of amides is 2. The van der Waals surface area contributed by atoms with E-state index >= 15 is 0 Å². The Balaban J connectivity index is 1.92. The first kappa shape index (κ1) is 22.2. The first-order valence-electron chi connectivity index (χ1n) is 9.34. The number of halogens is 4. The van der Waals surface area contributed by atoms with E-state index in [1.807, 2.05) is 0 Å². The molecule has 1 aliphatic carbocycles. The molecule has 2 unspecified atom stereocenters. The predicted molar refractivity (Wildman–Crippen MR) is 94.3 cm³/mol. The van der Waals surface area contributed by atoms with Crippen molar-refractivity contribution < 1.29 is 27.2 Å². The average molecular weight is 406 g/mol. The molecular weight excluding hydrogens is 380 g/mol. The Labute approximate surface area is 161 Å². The average Bonchev–Trinajstić information content (AvgIpc) is 2.97. The minimum Gasteiger partial charge on any atom is -0.351 e. The van der Waals surface area contributed by atoms with Gasteiger partial charge in [0.25, 0.3) is 11.8 Å². The fourth-order valence-corrected chi connectivity index (χ4v) is 3.58. The number of nitrogens with zero attached hydrogens (tertiary/aromatic N) is 2. The van der Waals surface area contributed by atoms with Crippen LogP contribution in [0.1, 0.15) is 68.4 Å². The van der Waals surface area contributed by atoms with Crippen LogP contribution in [0, 0.1) is 0 Å². The van der Waals surface area contributed by atoms with Crippen molar-refractivity contribution in [1.29, 1.82) is 0 Å². The molecule has 0 aliphatic heterocycles. The number of carbonyl (C=O) groups is 2. The minimum absolute atomic E-state index is 0.194. The van der Waals surface area contributed by atoms with Crippen molar-refractivity contribution in [2.75, 3.05) is 0 Å². The molecule has 28 heavy (non-hydrogen) atoms. The van der Waals surface area contributed by atoms with Crippen LogP contribution in [0.5, 0.6) is 0 Å². The van der Waals surface area contributed by atoms with Gasteiger partial charge in [-0.2, -0.15) is 18.3 Å². The molecule has 2 N–H and O–H groups in total. The van der Waals surface area contributed by atoms with Crippen molar-refractivity contribution in [1.82, 2.24) is 20.4 Å². The summed E-state index contributed by atoms with van der Waals surface area (Å²) >= 11 is 0. The van der Waals surface area contributed by atoms with E-state index < -0.39 is 47.0 Å². The maximum absolute atomic E-state index is 14.7. The maximum Gasteiger partial charge on any atom is 0.433 e. The van der Waals surface area contributed by atoms with Crippen LogP contribution in [0.25, 0.3) is 0 Å². The van der Waals surface area contributed by atoms with Gasteiger partial charge in [0.15, 0.2) is 11.4 Å². The standard InChI is InChI=1S/C18H26F4N4O2/c1-11(9-12(2)25-16(28)17(19)7-5-4-6-8-17)24-15(27)13-10-23-26(3)14(13)18(20,21)22/h10-12H,4-9H2,1-3H3,(H,24,27)(H,25,28). The second-order valence-corrected chi connectivity index (χ2v) is 7.54. The van der Waals surface area contributed by atoms with Gasteiger partial charge in [-0.1, -0.05) is 6.42 Å². The van der Waals surface area contributed by atoms with E-state index in [0.717, 1.165) is 19.7 Å². The monoisotopic (exact) mass is 406 g/mol. The second-order valence-electron chi connectivity index (χ2n) is 7.54. The van der Waals surface area contributed by atoms with Gasteiger partial charge in [0, 0.05) is 19.1 Å². The van der Waals surface area contributed by atoms with Crippen LogP contribution in [0.15, 0.2) is 6.20 Å². The second kappa shape index (κ2) is 8.48. The van der Waals surface area contributed by atoms with Crippen LogP contribution >= 0.6 is 0 Å². The molecule has 0 bridgehead atoms. The summed E-state index contributed by atoms with van der Waals surface area (Å²) < 4.78 is 54.5. The molecule has 1 fully saturated rings. The van der Waals surface area contributed by atoms with Crippen molar-refractivity contribution in [3.8, 4) is 0 Å². The molecule has 0 spiro atoms. The Hall–Kier alpha value is -2.13. The number of aryl methyl sites for hydroxylation is 1. The van der Waals surface area contributed by atoms with E-state index in [0.29, 0.717) is 17.5 Å². The van der Waals surface area contributed by atoms with Gasteiger partial charge in [0.1, 0.15) is 0 Å². The summed E-state index contributed by atoms with van der Waals surface area (Å²) in [6.07, 6.45) is -0.974. The van der Waals surface area contributed by atoms with E-state index in [4.69, 9.17) is 0 Å². The fraction of sp³-hybridized carbons (Fsp3) is 0.722. The van der Waals surface area contributed by atoms with Gasteiger partial charge in [-0.15, -0.1) is 0 Å². The van der Waals surface area contributed by atoms with Gasteiger partial charge in [-0.25, -0.2) is 4.39 Å². The summed E-state index contributed by atoms with van der Waals surface area (Å²) in [5, 5.41) is 8.60. The molecule has 10 heteroatoms. The molecule has 2 atom stereocenters. The van der Waals surface area contributed by atoms with Crippen LogP contribution in [0.4, 0.5) is 17.6 Å².